The smallest absolute Gasteiger partial charge is 0.0115 e. The Morgan fingerprint density at radius 1 is 1.07 bits per heavy atom. The van der Waals surface area contributed by atoms with E-state index in [9.17, 15) is 0 Å². The first-order chi connectivity index (χ1) is 7.18. The Morgan fingerprint density at radius 3 is 2.33 bits per heavy atom. The molecule has 0 bridgehead atoms. The average molecular weight is 208 g/mol. The molecule has 0 N–H and O–H groups in total. The molecule has 1 atom stereocenters. The molecule has 0 aromatic rings. The molecular formula is C15H28. The van der Waals surface area contributed by atoms with E-state index in [-0.39, 0.29) is 0 Å². The van der Waals surface area contributed by atoms with Crippen molar-refractivity contribution in [2.75, 3.05) is 0 Å². The van der Waals surface area contributed by atoms with E-state index in [4.69, 9.17) is 0 Å². The zero-order chi connectivity index (χ0) is 11.6. The van der Waals surface area contributed by atoms with Crippen LogP contribution in [0.1, 0.15) is 65.7 Å². The van der Waals surface area contributed by atoms with Crippen molar-refractivity contribution >= 4 is 0 Å². The van der Waals surface area contributed by atoms with Crippen LogP contribution < -0.4 is 0 Å². The van der Waals surface area contributed by atoms with Crippen LogP contribution in [-0.2, 0) is 0 Å². The van der Waals surface area contributed by atoms with E-state index in [0.29, 0.717) is 5.41 Å². The number of unbranched alkanes of at least 4 members (excludes halogenated alkanes) is 3. The molecule has 0 saturated carbocycles. The van der Waals surface area contributed by atoms with E-state index in [0.717, 1.165) is 6.42 Å². The third-order valence-corrected chi connectivity index (χ3v) is 3.05. The van der Waals surface area contributed by atoms with Gasteiger partial charge in [-0.2, -0.15) is 0 Å². The first-order valence-corrected chi connectivity index (χ1v) is 6.47. The molecular weight excluding hydrogens is 180 g/mol. The third-order valence-electron chi connectivity index (χ3n) is 3.05. The third kappa shape index (κ3) is 7.41. The summed E-state index contributed by atoms with van der Waals surface area (Å²) < 4.78 is 0. The summed E-state index contributed by atoms with van der Waals surface area (Å²) >= 11 is 0. The lowest BCUT2D eigenvalue weighted by atomic mass is 9.81. The van der Waals surface area contributed by atoms with Gasteiger partial charge in [0.15, 0.2) is 0 Å². The van der Waals surface area contributed by atoms with Gasteiger partial charge in [0.05, 0.1) is 0 Å². The summed E-state index contributed by atoms with van der Waals surface area (Å²) in [7, 11) is 0. The monoisotopic (exact) mass is 208 g/mol. The molecule has 0 nitrogen and oxygen atoms in total. The molecule has 0 saturated heterocycles. The van der Waals surface area contributed by atoms with Crippen molar-refractivity contribution in [3.63, 3.8) is 0 Å². The van der Waals surface area contributed by atoms with Crippen molar-refractivity contribution in [1.29, 1.82) is 0 Å². The lowest BCUT2D eigenvalue weighted by Gasteiger charge is -2.24. The maximum absolute atomic E-state index is 3.98. The van der Waals surface area contributed by atoms with Crippen LogP contribution in [0.2, 0.25) is 0 Å². The Labute approximate surface area is 96.5 Å². The maximum atomic E-state index is 3.98. The topological polar surface area (TPSA) is 0 Å². The van der Waals surface area contributed by atoms with Crippen LogP contribution in [0.4, 0.5) is 0 Å². The van der Waals surface area contributed by atoms with Crippen LogP contribution in [0.3, 0.4) is 0 Å². The van der Waals surface area contributed by atoms with Crippen molar-refractivity contribution in [2.24, 2.45) is 5.41 Å². The standard InChI is InChI=1S/C15H28/c1-5-8-10-12-14-15(4,7-3)13-11-9-6-2/h7,10,12H,3,5-6,8-9,11,13-14H2,1-2,4H3. The van der Waals surface area contributed by atoms with E-state index in [1.54, 1.807) is 0 Å². The van der Waals surface area contributed by atoms with Gasteiger partial charge in [0, 0.05) is 0 Å². The van der Waals surface area contributed by atoms with Crippen LogP contribution >= 0.6 is 0 Å². The Bertz CT molecular complexity index is 178. The van der Waals surface area contributed by atoms with Gasteiger partial charge in [0.1, 0.15) is 0 Å². The summed E-state index contributed by atoms with van der Waals surface area (Å²) in [6.07, 6.45) is 15.7. The van der Waals surface area contributed by atoms with Gasteiger partial charge in [-0.25, -0.2) is 0 Å². The predicted molar refractivity (Wildman–Crippen MR) is 71.1 cm³/mol. The molecule has 0 aromatic carbocycles. The molecule has 1 unspecified atom stereocenters. The zero-order valence-electron chi connectivity index (χ0n) is 10.9. The minimum Gasteiger partial charge on any atom is -0.103 e. The molecule has 0 aliphatic carbocycles. The first-order valence-electron chi connectivity index (χ1n) is 6.47. The molecule has 0 heterocycles. The highest BCUT2D eigenvalue weighted by molar-refractivity contribution is 4.98. The molecule has 0 amide bonds. The Hall–Kier alpha value is -0.520. The lowest BCUT2D eigenvalue weighted by Crippen LogP contribution is -2.11. The number of allylic oxidation sites excluding steroid dienone is 3. The highest BCUT2D eigenvalue weighted by Crippen LogP contribution is 2.30. The van der Waals surface area contributed by atoms with Crippen molar-refractivity contribution in [1.82, 2.24) is 0 Å². The van der Waals surface area contributed by atoms with Gasteiger partial charge in [0.25, 0.3) is 0 Å². The molecule has 0 aliphatic rings. The van der Waals surface area contributed by atoms with Crippen LogP contribution in [0.15, 0.2) is 24.8 Å². The van der Waals surface area contributed by atoms with Gasteiger partial charge in [-0.15, -0.1) is 6.58 Å². The quantitative estimate of drug-likeness (QED) is 0.346. The average Bonchev–Trinajstić information content (AvgIpc) is 2.25. The van der Waals surface area contributed by atoms with Crippen LogP contribution in [0.25, 0.3) is 0 Å². The molecule has 0 spiro atoms. The molecule has 0 heteroatoms. The van der Waals surface area contributed by atoms with Gasteiger partial charge in [-0.3, -0.25) is 0 Å². The van der Waals surface area contributed by atoms with Gasteiger partial charge < -0.3 is 0 Å². The number of hydrogen-bond donors (Lipinski definition) is 0. The fourth-order valence-electron chi connectivity index (χ4n) is 1.70. The number of rotatable bonds is 9. The molecule has 15 heavy (non-hydrogen) atoms. The van der Waals surface area contributed by atoms with Gasteiger partial charge in [-0.1, -0.05) is 64.7 Å². The summed E-state index contributed by atoms with van der Waals surface area (Å²) in [5.74, 6) is 0. The van der Waals surface area contributed by atoms with Gasteiger partial charge >= 0.3 is 0 Å². The van der Waals surface area contributed by atoms with E-state index < -0.39 is 0 Å². The molecule has 88 valence electrons. The highest BCUT2D eigenvalue weighted by atomic mass is 14.2. The molecule has 0 fully saturated rings. The first kappa shape index (κ1) is 14.5. The summed E-state index contributed by atoms with van der Waals surface area (Å²) in [5, 5.41) is 0. The van der Waals surface area contributed by atoms with E-state index >= 15 is 0 Å². The van der Waals surface area contributed by atoms with Gasteiger partial charge in [-0.05, 0) is 24.7 Å². The highest BCUT2D eigenvalue weighted by Gasteiger charge is 2.17. The summed E-state index contributed by atoms with van der Waals surface area (Å²) in [5.41, 5.74) is 0.319. The molecule has 0 aromatic heterocycles. The fraction of sp³-hybridized carbons (Fsp3) is 0.733. The van der Waals surface area contributed by atoms with Crippen LogP contribution in [0, 0.1) is 5.41 Å². The predicted octanol–water partition coefficient (Wildman–Crippen LogP) is 5.51. The molecule has 0 aliphatic heterocycles. The van der Waals surface area contributed by atoms with E-state index in [2.05, 4.69) is 45.6 Å². The van der Waals surface area contributed by atoms with Crippen LogP contribution in [-0.4, -0.2) is 0 Å². The summed E-state index contributed by atoms with van der Waals surface area (Å²) in [4.78, 5) is 0. The fourth-order valence-corrected chi connectivity index (χ4v) is 1.70. The maximum Gasteiger partial charge on any atom is -0.0115 e. The minimum absolute atomic E-state index is 0.319. The van der Waals surface area contributed by atoms with Crippen molar-refractivity contribution in [3.8, 4) is 0 Å². The van der Waals surface area contributed by atoms with Gasteiger partial charge in [0.2, 0.25) is 0 Å². The largest absolute Gasteiger partial charge is 0.103 e. The Morgan fingerprint density at radius 2 is 1.80 bits per heavy atom. The van der Waals surface area contributed by atoms with Crippen molar-refractivity contribution in [2.45, 2.75) is 65.7 Å². The Kier molecular flexibility index (Phi) is 8.46. The lowest BCUT2D eigenvalue weighted by molar-refractivity contribution is 0.377. The van der Waals surface area contributed by atoms with Crippen LogP contribution in [0.5, 0.6) is 0 Å². The van der Waals surface area contributed by atoms with Crippen molar-refractivity contribution < 1.29 is 0 Å². The SMILES string of the molecule is C=CC(C)(CC=CCCC)CCCCC. The summed E-state index contributed by atoms with van der Waals surface area (Å²) in [6.45, 7) is 10.8. The minimum atomic E-state index is 0.319. The second kappa shape index (κ2) is 8.76. The number of hydrogen-bond acceptors (Lipinski definition) is 0. The van der Waals surface area contributed by atoms with E-state index in [1.165, 1.54) is 38.5 Å². The zero-order valence-corrected chi connectivity index (χ0v) is 10.9. The second-order valence-corrected chi connectivity index (χ2v) is 4.78. The second-order valence-electron chi connectivity index (χ2n) is 4.78. The van der Waals surface area contributed by atoms with Crippen molar-refractivity contribution in [3.05, 3.63) is 24.8 Å². The Balaban J connectivity index is 3.89. The van der Waals surface area contributed by atoms with E-state index in [1.807, 2.05) is 0 Å². The summed E-state index contributed by atoms with van der Waals surface area (Å²) in [6, 6.07) is 0. The molecule has 0 rings (SSSR count). The molecule has 0 radical (unpaired) electrons. The normalized spacial score (nSPS) is 15.4.